The van der Waals surface area contributed by atoms with Crippen LogP contribution in [0.15, 0.2) is 29.4 Å². The predicted molar refractivity (Wildman–Crippen MR) is 66.1 cm³/mol. The van der Waals surface area contributed by atoms with E-state index in [0.29, 0.717) is 0 Å². The van der Waals surface area contributed by atoms with Crippen molar-refractivity contribution < 1.29 is 9.53 Å². The van der Waals surface area contributed by atoms with E-state index < -0.39 is 6.09 Å². The molecule has 1 aliphatic carbocycles. The second-order valence-electron chi connectivity index (χ2n) is 4.03. The summed E-state index contributed by atoms with van der Waals surface area (Å²) in [5.41, 5.74) is 5.77. The first kappa shape index (κ1) is 11.6. The lowest BCUT2D eigenvalue weighted by molar-refractivity contribution is 0.171. The first-order valence-electron chi connectivity index (χ1n) is 5.80. The predicted octanol–water partition coefficient (Wildman–Crippen LogP) is 2.47. The Morgan fingerprint density at radius 2 is 2.06 bits per heavy atom. The zero-order valence-electron chi connectivity index (χ0n) is 9.90. The van der Waals surface area contributed by atoms with Gasteiger partial charge in [-0.3, -0.25) is 0 Å². The molecule has 0 atom stereocenters. The van der Waals surface area contributed by atoms with E-state index in [2.05, 4.69) is 27.4 Å². The number of ether oxygens (including phenoxy) is 1. The Labute approximate surface area is 101 Å². The second kappa shape index (κ2) is 5.48. The van der Waals surface area contributed by atoms with Crippen molar-refractivity contribution in [1.82, 2.24) is 5.43 Å². The summed E-state index contributed by atoms with van der Waals surface area (Å²) in [4.78, 5) is 11.0. The molecule has 0 aliphatic heterocycles. The van der Waals surface area contributed by atoms with Gasteiger partial charge in [0.1, 0.15) is 0 Å². The Hall–Kier alpha value is -1.84. The van der Waals surface area contributed by atoms with Crippen LogP contribution < -0.4 is 5.43 Å². The summed E-state index contributed by atoms with van der Waals surface area (Å²) in [6.45, 7) is 0. The zero-order chi connectivity index (χ0) is 12.1. The average Bonchev–Trinajstić information content (AvgIpc) is 2.58. The summed E-state index contributed by atoms with van der Waals surface area (Å²) in [5, 5.41) is 4.15. The minimum absolute atomic E-state index is 0.528. The molecule has 0 bridgehead atoms. The first-order valence-corrected chi connectivity index (χ1v) is 5.80. The van der Waals surface area contributed by atoms with E-state index in [-0.39, 0.29) is 0 Å². The Morgan fingerprint density at radius 3 is 2.88 bits per heavy atom. The SMILES string of the molecule is COC(=O)NN=C1CCCCc2ccccc21. The van der Waals surface area contributed by atoms with Crippen LogP contribution in [0.2, 0.25) is 0 Å². The van der Waals surface area contributed by atoms with Crippen molar-refractivity contribution in [3.05, 3.63) is 35.4 Å². The number of nitrogens with one attached hydrogen (secondary N) is 1. The minimum Gasteiger partial charge on any atom is -0.452 e. The maximum absolute atomic E-state index is 11.0. The summed E-state index contributed by atoms with van der Waals surface area (Å²) in [6.07, 6.45) is 3.69. The van der Waals surface area contributed by atoms with Gasteiger partial charge in [0.2, 0.25) is 0 Å². The molecule has 4 nitrogen and oxygen atoms in total. The highest BCUT2D eigenvalue weighted by Gasteiger charge is 2.13. The van der Waals surface area contributed by atoms with Gasteiger partial charge in [0.25, 0.3) is 0 Å². The third-order valence-corrected chi connectivity index (χ3v) is 2.91. The fraction of sp³-hybridized carbons (Fsp3) is 0.385. The maximum atomic E-state index is 11.0. The van der Waals surface area contributed by atoms with Crippen LogP contribution >= 0.6 is 0 Å². The highest BCUT2D eigenvalue weighted by Crippen LogP contribution is 2.20. The summed E-state index contributed by atoms with van der Waals surface area (Å²) < 4.78 is 4.50. The lowest BCUT2D eigenvalue weighted by Gasteiger charge is -2.07. The number of amides is 1. The Bertz CT molecular complexity index is 441. The Morgan fingerprint density at radius 1 is 1.29 bits per heavy atom. The fourth-order valence-corrected chi connectivity index (χ4v) is 2.04. The number of aryl methyl sites for hydroxylation is 1. The number of hydrazone groups is 1. The number of nitrogens with zero attached hydrogens (tertiary/aromatic N) is 1. The summed E-state index contributed by atoms with van der Waals surface area (Å²) in [6, 6.07) is 8.21. The Kier molecular flexibility index (Phi) is 3.75. The molecule has 0 spiro atoms. The van der Waals surface area contributed by atoms with Crippen molar-refractivity contribution in [3.63, 3.8) is 0 Å². The zero-order valence-corrected chi connectivity index (χ0v) is 9.90. The molecule has 1 amide bonds. The monoisotopic (exact) mass is 232 g/mol. The third-order valence-electron chi connectivity index (χ3n) is 2.91. The quantitative estimate of drug-likeness (QED) is 0.597. The average molecular weight is 232 g/mol. The van der Waals surface area contributed by atoms with Crippen molar-refractivity contribution >= 4 is 11.8 Å². The lowest BCUT2D eigenvalue weighted by Crippen LogP contribution is -2.19. The van der Waals surface area contributed by atoms with Crippen LogP contribution in [0.1, 0.15) is 30.4 Å². The maximum Gasteiger partial charge on any atom is 0.427 e. The van der Waals surface area contributed by atoms with Gasteiger partial charge in [0.05, 0.1) is 12.8 Å². The van der Waals surface area contributed by atoms with E-state index in [0.717, 1.165) is 37.0 Å². The normalized spacial score (nSPS) is 17.1. The van der Waals surface area contributed by atoms with E-state index >= 15 is 0 Å². The van der Waals surface area contributed by atoms with Crippen molar-refractivity contribution in [2.45, 2.75) is 25.7 Å². The molecule has 0 unspecified atom stereocenters. The van der Waals surface area contributed by atoms with Crippen molar-refractivity contribution in [1.29, 1.82) is 0 Å². The number of carbonyl (C=O) groups is 1. The third kappa shape index (κ3) is 2.84. The molecule has 0 saturated heterocycles. The molecule has 1 aromatic carbocycles. The van der Waals surface area contributed by atoms with E-state index in [1.165, 1.54) is 12.7 Å². The molecule has 0 aromatic heterocycles. The smallest absolute Gasteiger partial charge is 0.427 e. The molecule has 4 heteroatoms. The first-order chi connectivity index (χ1) is 8.31. The number of carbonyl (C=O) groups excluding carboxylic acids is 1. The summed E-state index contributed by atoms with van der Waals surface area (Å²) in [5.74, 6) is 0. The number of hydrogen-bond donors (Lipinski definition) is 1. The standard InChI is InChI=1S/C13H16N2O2/c1-17-13(16)15-14-12-9-5-3-7-10-6-2-4-8-11(10)12/h2,4,6,8H,3,5,7,9H2,1H3,(H,15,16). The molecule has 1 aliphatic rings. The molecule has 0 heterocycles. The molecular weight excluding hydrogens is 216 g/mol. The van der Waals surface area contributed by atoms with Gasteiger partial charge in [-0.25, -0.2) is 10.2 Å². The molecule has 1 aromatic rings. The number of methoxy groups -OCH3 is 1. The van der Waals surface area contributed by atoms with E-state index in [1.807, 2.05) is 12.1 Å². The van der Waals surface area contributed by atoms with Crippen LogP contribution in [0.5, 0.6) is 0 Å². The van der Waals surface area contributed by atoms with Crippen molar-refractivity contribution in [2.24, 2.45) is 5.10 Å². The number of benzene rings is 1. The topological polar surface area (TPSA) is 50.7 Å². The lowest BCUT2D eigenvalue weighted by atomic mass is 10.0. The minimum atomic E-state index is -0.528. The van der Waals surface area contributed by atoms with Gasteiger partial charge in [0.15, 0.2) is 0 Å². The number of fused-ring (bicyclic) bond motifs is 1. The van der Waals surface area contributed by atoms with Gasteiger partial charge in [-0.05, 0) is 31.2 Å². The summed E-state index contributed by atoms with van der Waals surface area (Å²) in [7, 11) is 1.33. The molecule has 2 rings (SSSR count). The van der Waals surface area contributed by atoms with Gasteiger partial charge < -0.3 is 4.74 Å². The molecule has 0 fully saturated rings. The molecule has 90 valence electrons. The molecule has 0 saturated carbocycles. The van der Waals surface area contributed by atoms with Crippen LogP contribution in [0.25, 0.3) is 0 Å². The highest BCUT2D eigenvalue weighted by atomic mass is 16.5. The van der Waals surface area contributed by atoms with Crippen molar-refractivity contribution in [3.8, 4) is 0 Å². The molecule has 0 radical (unpaired) electrons. The van der Waals surface area contributed by atoms with Gasteiger partial charge in [-0.2, -0.15) is 5.10 Å². The molecule has 1 N–H and O–H groups in total. The summed E-state index contributed by atoms with van der Waals surface area (Å²) >= 11 is 0. The number of rotatable bonds is 1. The van der Waals surface area contributed by atoms with Gasteiger partial charge in [-0.1, -0.05) is 24.3 Å². The Balaban J connectivity index is 2.25. The fourth-order valence-electron chi connectivity index (χ4n) is 2.04. The van der Waals surface area contributed by atoms with E-state index in [1.54, 1.807) is 0 Å². The van der Waals surface area contributed by atoms with Crippen LogP contribution in [0.3, 0.4) is 0 Å². The molecular formula is C13H16N2O2. The van der Waals surface area contributed by atoms with Crippen LogP contribution in [0, 0.1) is 0 Å². The van der Waals surface area contributed by atoms with Crippen LogP contribution in [-0.2, 0) is 11.2 Å². The van der Waals surface area contributed by atoms with Gasteiger partial charge >= 0.3 is 6.09 Å². The van der Waals surface area contributed by atoms with Gasteiger partial charge in [-0.15, -0.1) is 0 Å². The molecule has 17 heavy (non-hydrogen) atoms. The van der Waals surface area contributed by atoms with E-state index in [9.17, 15) is 4.79 Å². The number of hydrogen-bond acceptors (Lipinski definition) is 3. The van der Waals surface area contributed by atoms with Crippen molar-refractivity contribution in [2.75, 3.05) is 7.11 Å². The van der Waals surface area contributed by atoms with Crippen LogP contribution in [-0.4, -0.2) is 18.9 Å². The van der Waals surface area contributed by atoms with Crippen LogP contribution in [0.4, 0.5) is 4.79 Å². The second-order valence-corrected chi connectivity index (χ2v) is 4.03. The van der Waals surface area contributed by atoms with Gasteiger partial charge in [0, 0.05) is 5.56 Å². The largest absolute Gasteiger partial charge is 0.452 e. The van der Waals surface area contributed by atoms with E-state index in [4.69, 9.17) is 0 Å². The highest BCUT2D eigenvalue weighted by molar-refractivity contribution is 6.02.